The first kappa shape index (κ1) is 21.9. The topological polar surface area (TPSA) is 81.7 Å². The lowest BCUT2D eigenvalue weighted by Crippen LogP contribution is -2.40. The van der Waals surface area contributed by atoms with Crippen LogP contribution < -0.4 is 14.2 Å². The van der Waals surface area contributed by atoms with Gasteiger partial charge < -0.3 is 9.47 Å². The lowest BCUT2D eigenvalue weighted by Gasteiger charge is -2.22. The molecule has 1 saturated heterocycles. The van der Waals surface area contributed by atoms with E-state index in [1.165, 1.54) is 0 Å². The maximum atomic E-state index is 11.8. The first-order chi connectivity index (χ1) is 15.3. The molecule has 1 aliphatic rings. The minimum atomic E-state index is -3.56. The van der Waals surface area contributed by atoms with Crippen LogP contribution in [0.4, 0.5) is 0 Å². The van der Waals surface area contributed by atoms with Gasteiger partial charge >= 0.3 is 0 Å². The highest BCUT2D eigenvalue weighted by molar-refractivity contribution is 7.90. The molecule has 3 aromatic carbocycles. The number of methoxy groups -OCH3 is 1. The number of amides is 1. The van der Waals surface area contributed by atoms with Gasteiger partial charge in [-0.2, -0.15) is 0 Å². The molecule has 1 unspecified atom stereocenters. The third kappa shape index (κ3) is 5.11. The van der Waals surface area contributed by atoms with Crippen LogP contribution in [0.5, 0.6) is 11.5 Å². The molecule has 4 rings (SSSR count). The minimum absolute atomic E-state index is 0.0868. The van der Waals surface area contributed by atoms with Gasteiger partial charge in [-0.1, -0.05) is 36.4 Å². The Labute approximate surface area is 188 Å². The van der Waals surface area contributed by atoms with Crippen LogP contribution in [0.3, 0.4) is 0 Å². The number of hydrogen-bond acceptors (Lipinski definition) is 5. The van der Waals surface area contributed by atoms with Gasteiger partial charge in [-0.15, -0.1) is 0 Å². The van der Waals surface area contributed by atoms with E-state index in [4.69, 9.17) is 9.47 Å². The molecule has 1 amide bonds. The monoisotopic (exact) mass is 451 g/mol. The van der Waals surface area contributed by atoms with Gasteiger partial charge in [-0.25, -0.2) is 8.42 Å². The number of carbonyl (C=O) groups is 1. The molecule has 1 N–H and O–H groups in total. The fourth-order valence-corrected chi connectivity index (χ4v) is 5.29. The third-order valence-corrected chi connectivity index (χ3v) is 6.93. The zero-order valence-corrected chi connectivity index (χ0v) is 18.8. The van der Waals surface area contributed by atoms with E-state index in [9.17, 15) is 13.2 Å². The van der Waals surface area contributed by atoms with Crippen molar-refractivity contribution in [3.8, 4) is 22.6 Å². The van der Waals surface area contributed by atoms with Crippen molar-refractivity contribution in [3.63, 3.8) is 0 Å². The van der Waals surface area contributed by atoms with Gasteiger partial charge in [0.25, 0.3) is 0 Å². The smallest absolute Gasteiger partial charge is 0.235 e. The second-order valence-electron chi connectivity index (χ2n) is 7.95. The third-order valence-electron chi connectivity index (χ3n) is 5.55. The van der Waals surface area contributed by atoms with E-state index in [2.05, 4.69) is 25.1 Å². The molecule has 1 fully saturated rings. The fourth-order valence-electron chi connectivity index (χ4n) is 3.94. The molecule has 6 nitrogen and oxygen atoms in total. The summed E-state index contributed by atoms with van der Waals surface area (Å²) in [6.07, 6.45) is 0.164. The second kappa shape index (κ2) is 9.04. The Bertz CT molecular complexity index is 1240. The Morgan fingerprint density at radius 3 is 2.44 bits per heavy atom. The Hall–Kier alpha value is -3.32. The van der Waals surface area contributed by atoms with Crippen molar-refractivity contribution in [2.45, 2.75) is 25.9 Å². The van der Waals surface area contributed by atoms with Crippen LogP contribution in [0.15, 0.2) is 66.7 Å². The summed E-state index contributed by atoms with van der Waals surface area (Å²) in [5.74, 6) is 0.626. The van der Waals surface area contributed by atoms with Crippen LogP contribution in [0.2, 0.25) is 0 Å². The quantitative estimate of drug-likeness (QED) is 0.608. The average molecular weight is 452 g/mol. The Kier molecular flexibility index (Phi) is 6.19. The van der Waals surface area contributed by atoms with Gasteiger partial charge in [0.15, 0.2) is 0 Å². The predicted molar refractivity (Wildman–Crippen MR) is 123 cm³/mol. The van der Waals surface area contributed by atoms with E-state index in [-0.39, 0.29) is 18.1 Å². The van der Waals surface area contributed by atoms with Crippen molar-refractivity contribution in [3.05, 3.63) is 83.4 Å². The molecule has 0 spiro atoms. The van der Waals surface area contributed by atoms with E-state index in [1.807, 2.05) is 53.3 Å². The SMILES string of the molecule is COc1ccc(-c2cccc(COc3ccc(C4CC(=O)NS(=O)(=O)C4)cc3)c2)c(C)c1. The molecule has 0 bridgehead atoms. The maximum absolute atomic E-state index is 11.8. The lowest BCUT2D eigenvalue weighted by atomic mass is 9.97. The van der Waals surface area contributed by atoms with Gasteiger partial charge in [0.05, 0.1) is 12.9 Å². The summed E-state index contributed by atoms with van der Waals surface area (Å²) in [6.45, 7) is 2.46. The van der Waals surface area contributed by atoms with Gasteiger partial charge in [-0.3, -0.25) is 9.52 Å². The molecule has 1 heterocycles. The number of ether oxygens (including phenoxy) is 2. The highest BCUT2D eigenvalue weighted by Gasteiger charge is 2.30. The molecular weight excluding hydrogens is 426 g/mol. The van der Waals surface area contributed by atoms with Crippen LogP contribution in [-0.4, -0.2) is 27.2 Å². The Morgan fingerprint density at radius 2 is 1.75 bits per heavy atom. The lowest BCUT2D eigenvalue weighted by molar-refractivity contribution is -0.119. The molecule has 0 radical (unpaired) electrons. The minimum Gasteiger partial charge on any atom is -0.497 e. The Morgan fingerprint density at radius 1 is 1.00 bits per heavy atom. The van der Waals surface area contributed by atoms with E-state index < -0.39 is 15.9 Å². The van der Waals surface area contributed by atoms with Crippen LogP contribution >= 0.6 is 0 Å². The van der Waals surface area contributed by atoms with E-state index in [1.54, 1.807) is 7.11 Å². The zero-order valence-electron chi connectivity index (χ0n) is 18.0. The molecule has 32 heavy (non-hydrogen) atoms. The number of nitrogens with one attached hydrogen (secondary N) is 1. The number of rotatable bonds is 6. The highest BCUT2D eigenvalue weighted by atomic mass is 32.2. The van der Waals surface area contributed by atoms with Crippen molar-refractivity contribution >= 4 is 15.9 Å². The van der Waals surface area contributed by atoms with Crippen molar-refractivity contribution < 1.29 is 22.7 Å². The van der Waals surface area contributed by atoms with Crippen molar-refractivity contribution in [2.24, 2.45) is 0 Å². The molecule has 0 saturated carbocycles. The highest BCUT2D eigenvalue weighted by Crippen LogP contribution is 2.29. The Balaban J connectivity index is 1.43. The van der Waals surface area contributed by atoms with E-state index in [0.717, 1.165) is 33.6 Å². The molecular formula is C25H25NO5S. The molecule has 1 atom stereocenters. The van der Waals surface area contributed by atoms with Crippen molar-refractivity contribution in [1.82, 2.24) is 4.72 Å². The van der Waals surface area contributed by atoms with Gasteiger partial charge in [0.2, 0.25) is 15.9 Å². The largest absolute Gasteiger partial charge is 0.497 e. The molecule has 7 heteroatoms. The summed E-state index contributed by atoms with van der Waals surface area (Å²) in [5, 5.41) is 0. The number of sulfonamides is 1. The summed E-state index contributed by atoms with van der Waals surface area (Å²) in [4.78, 5) is 11.7. The first-order valence-electron chi connectivity index (χ1n) is 10.3. The number of benzene rings is 3. The molecule has 1 aliphatic heterocycles. The van der Waals surface area contributed by atoms with Gasteiger partial charge in [-0.05, 0) is 65.1 Å². The van der Waals surface area contributed by atoms with Crippen LogP contribution in [0.1, 0.15) is 29.0 Å². The maximum Gasteiger partial charge on any atom is 0.235 e. The van der Waals surface area contributed by atoms with E-state index >= 15 is 0 Å². The molecule has 0 aromatic heterocycles. The molecule has 3 aromatic rings. The average Bonchev–Trinajstić information content (AvgIpc) is 2.77. The summed E-state index contributed by atoms with van der Waals surface area (Å²) in [6, 6.07) is 21.5. The number of hydrogen-bond donors (Lipinski definition) is 1. The summed E-state index contributed by atoms with van der Waals surface area (Å²) in [7, 11) is -1.90. The van der Waals surface area contributed by atoms with Crippen molar-refractivity contribution in [1.29, 1.82) is 0 Å². The standard InChI is InChI=1S/C25H25NO5S/c1-17-12-23(30-2)10-11-24(17)20-5-3-4-18(13-20)15-31-22-8-6-19(7-9-22)21-14-25(27)26-32(28,29)16-21/h3-13,21H,14-16H2,1-2H3,(H,26,27). The summed E-state index contributed by atoms with van der Waals surface area (Å²) >= 11 is 0. The van der Waals surface area contributed by atoms with Gasteiger partial charge in [0, 0.05) is 12.3 Å². The van der Waals surface area contributed by atoms with Crippen LogP contribution in [0, 0.1) is 6.92 Å². The fraction of sp³-hybridized carbons (Fsp3) is 0.240. The van der Waals surface area contributed by atoms with Crippen LogP contribution in [-0.2, 0) is 21.4 Å². The van der Waals surface area contributed by atoms with E-state index in [0.29, 0.717) is 12.4 Å². The zero-order chi connectivity index (χ0) is 22.7. The first-order valence-corrected chi connectivity index (χ1v) is 12.0. The predicted octanol–water partition coefficient (Wildman–Crippen LogP) is 4.18. The normalized spacial score (nSPS) is 17.4. The van der Waals surface area contributed by atoms with Gasteiger partial charge in [0.1, 0.15) is 18.1 Å². The summed E-state index contributed by atoms with van der Waals surface area (Å²) in [5.41, 5.74) is 5.24. The van der Waals surface area contributed by atoms with Crippen molar-refractivity contribution in [2.75, 3.05) is 12.9 Å². The molecule has 166 valence electrons. The van der Waals surface area contributed by atoms with Crippen LogP contribution in [0.25, 0.3) is 11.1 Å². The summed E-state index contributed by atoms with van der Waals surface area (Å²) < 4.78 is 36.8. The second-order valence-corrected chi connectivity index (χ2v) is 9.71. The number of carbonyl (C=O) groups excluding carboxylic acids is 1. The number of aryl methyl sites for hydroxylation is 1. The molecule has 0 aliphatic carbocycles.